The molecular weight excluding hydrogens is 328 g/mol. The van der Waals surface area contributed by atoms with E-state index in [9.17, 15) is 19.7 Å². The van der Waals surface area contributed by atoms with Crippen LogP contribution in [0.15, 0.2) is 48.5 Å². The highest BCUT2D eigenvalue weighted by molar-refractivity contribution is 6.04. The number of nitro groups is 1. The van der Waals surface area contributed by atoms with Gasteiger partial charge in [-0.2, -0.15) is 0 Å². The summed E-state index contributed by atoms with van der Waals surface area (Å²) in [5, 5.41) is 22.4. The minimum atomic E-state index is -1.09. The number of imidazole rings is 1. The van der Waals surface area contributed by atoms with E-state index in [1.807, 2.05) is 0 Å². The fourth-order valence-electron chi connectivity index (χ4n) is 2.40. The second-order valence-electron chi connectivity index (χ2n) is 5.17. The summed E-state index contributed by atoms with van der Waals surface area (Å²) >= 11 is 0. The van der Waals surface area contributed by atoms with Gasteiger partial charge in [0.15, 0.2) is 0 Å². The van der Waals surface area contributed by atoms with E-state index < -0.39 is 16.8 Å². The van der Waals surface area contributed by atoms with Gasteiger partial charge in [-0.25, -0.2) is 4.98 Å². The topological polar surface area (TPSA) is 127 Å². The van der Waals surface area contributed by atoms with Gasteiger partial charge in [0.2, 0.25) is 5.95 Å². The Morgan fingerprint density at radius 2 is 1.96 bits per heavy atom. The van der Waals surface area contributed by atoms with Gasteiger partial charge >= 0.3 is 5.97 Å². The summed E-state index contributed by atoms with van der Waals surface area (Å²) in [6, 6.07) is 12.1. The Labute approximate surface area is 140 Å². The highest BCUT2D eigenvalue weighted by atomic mass is 16.6. The van der Waals surface area contributed by atoms with E-state index in [0.717, 1.165) is 6.07 Å². The lowest BCUT2D eigenvalue weighted by Gasteiger charge is -2.08. The van der Waals surface area contributed by atoms with Crippen LogP contribution in [-0.2, 0) is 11.3 Å². The van der Waals surface area contributed by atoms with Crippen LogP contribution in [0, 0.1) is 10.1 Å². The number of nitrogens with one attached hydrogen (secondary N) is 1. The molecule has 0 radical (unpaired) electrons. The third-order valence-electron chi connectivity index (χ3n) is 3.49. The molecule has 9 heteroatoms. The fourth-order valence-corrected chi connectivity index (χ4v) is 2.40. The van der Waals surface area contributed by atoms with Gasteiger partial charge in [-0.1, -0.05) is 18.2 Å². The molecule has 0 unspecified atom stereocenters. The Morgan fingerprint density at radius 3 is 2.68 bits per heavy atom. The van der Waals surface area contributed by atoms with Crippen molar-refractivity contribution in [3.05, 3.63) is 64.2 Å². The molecule has 9 nitrogen and oxygen atoms in total. The number of hydrogen-bond acceptors (Lipinski definition) is 5. The van der Waals surface area contributed by atoms with E-state index in [4.69, 9.17) is 5.11 Å². The van der Waals surface area contributed by atoms with Crippen LogP contribution >= 0.6 is 0 Å². The molecule has 126 valence electrons. The lowest BCUT2D eigenvalue weighted by Crippen LogP contribution is -2.18. The second-order valence-corrected chi connectivity index (χ2v) is 5.17. The maximum atomic E-state index is 12.4. The normalized spacial score (nSPS) is 10.6. The molecule has 0 fully saturated rings. The number of aliphatic carboxylic acids is 1. The summed E-state index contributed by atoms with van der Waals surface area (Å²) in [5.41, 5.74) is 0.937. The number of nitro benzene ring substituents is 1. The summed E-state index contributed by atoms with van der Waals surface area (Å²) in [6.45, 7) is -0.384. The first-order valence-electron chi connectivity index (χ1n) is 7.18. The van der Waals surface area contributed by atoms with E-state index >= 15 is 0 Å². The average molecular weight is 340 g/mol. The molecule has 2 N–H and O–H groups in total. The van der Waals surface area contributed by atoms with Gasteiger partial charge in [-0.05, 0) is 18.2 Å². The Kier molecular flexibility index (Phi) is 4.12. The van der Waals surface area contributed by atoms with Crippen LogP contribution in [0.25, 0.3) is 11.0 Å². The summed E-state index contributed by atoms with van der Waals surface area (Å²) in [5.74, 6) is -1.65. The largest absolute Gasteiger partial charge is 0.480 e. The van der Waals surface area contributed by atoms with Gasteiger partial charge < -0.3 is 5.11 Å². The van der Waals surface area contributed by atoms with Crippen molar-refractivity contribution >= 4 is 34.5 Å². The Hall–Kier alpha value is -3.75. The van der Waals surface area contributed by atoms with Crippen molar-refractivity contribution in [2.24, 2.45) is 0 Å². The monoisotopic (exact) mass is 340 g/mol. The zero-order chi connectivity index (χ0) is 18.0. The van der Waals surface area contributed by atoms with Crippen molar-refractivity contribution in [1.82, 2.24) is 9.55 Å². The number of para-hydroxylation sites is 2. The zero-order valence-electron chi connectivity index (χ0n) is 12.7. The molecule has 0 aliphatic carbocycles. The van der Waals surface area contributed by atoms with Crippen molar-refractivity contribution in [3.8, 4) is 0 Å². The third-order valence-corrected chi connectivity index (χ3v) is 3.49. The number of hydrogen-bond donors (Lipinski definition) is 2. The molecule has 0 spiro atoms. The lowest BCUT2D eigenvalue weighted by molar-refractivity contribution is -0.384. The SMILES string of the molecule is O=C(O)Cn1c(NC(=O)c2cccc([N+](=O)[O-])c2)nc2ccccc21. The van der Waals surface area contributed by atoms with Crippen LogP contribution in [0.2, 0.25) is 0 Å². The number of carboxylic acids is 1. The molecule has 0 aliphatic rings. The highest BCUT2D eigenvalue weighted by Gasteiger charge is 2.17. The number of benzene rings is 2. The summed E-state index contributed by atoms with van der Waals surface area (Å²) in [4.78, 5) is 37.9. The molecule has 0 saturated heterocycles. The number of carbonyl (C=O) groups is 2. The zero-order valence-corrected chi connectivity index (χ0v) is 12.7. The van der Waals surface area contributed by atoms with E-state index in [2.05, 4.69) is 10.3 Å². The number of rotatable bonds is 5. The molecule has 3 aromatic rings. The van der Waals surface area contributed by atoms with Gasteiger partial charge in [0.25, 0.3) is 11.6 Å². The van der Waals surface area contributed by atoms with Gasteiger partial charge in [-0.3, -0.25) is 29.6 Å². The molecule has 0 aliphatic heterocycles. The van der Waals surface area contributed by atoms with E-state index in [1.54, 1.807) is 24.3 Å². The van der Waals surface area contributed by atoms with Crippen LogP contribution in [0.3, 0.4) is 0 Å². The molecule has 1 heterocycles. The smallest absolute Gasteiger partial charge is 0.323 e. The predicted molar refractivity (Wildman–Crippen MR) is 88.4 cm³/mol. The number of aromatic nitrogens is 2. The van der Waals surface area contributed by atoms with Crippen molar-refractivity contribution in [2.45, 2.75) is 6.54 Å². The van der Waals surface area contributed by atoms with Crippen LogP contribution in [-0.4, -0.2) is 31.5 Å². The first-order chi connectivity index (χ1) is 12.0. The number of fused-ring (bicyclic) bond motifs is 1. The number of anilines is 1. The van der Waals surface area contributed by atoms with Crippen LogP contribution in [0.4, 0.5) is 11.6 Å². The van der Waals surface area contributed by atoms with Crippen molar-refractivity contribution in [3.63, 3.8) is 0 Å². The second kappa shape index (κ2) is 6.40. The van der Waals surface area contributed by atoms with Crippen LogP contribution < -0.4 is 5.32 Å². The van der Waals surface area contributed by atoms with E-state index in [-0.39, 0.29) is 23.7 Å². The standard InChI is InChI=1S/C16H12N4O5/c21-14(22)9-19-13-7-2-1-6-12(13)17-16(19)18-15(23)10-4-3-5-11(8-10)20(24)25/h1-8H,9H2,(H,21,22)(H,17,18,23). The maximum Gasteiger partial charge on any atom is 0.323 e. The molecule has 2 aromatic carbocycles. The minimum absolute atomic E-state index is 0.0557. The first kappa shape index (κ1) is 16.1. The van der Waals surface area contributed by atoms with Crippen molar-refractivity contribution < 1.29 is 19.6 Å². The van der Waals surface area contributed by atoms with Gasteiger partial charge in [0, 0.05) is 17.7 Å². The molecule has 0 bridgehead atoms. The average Bonchev–Trinajstić information content (AvgIpc) is 2.92. The summed E-state index contributed by atoms with van der Waals surface area (Å²) in [6.07, 6.45) is 0. The fraction of sp³-hybridized carbons (Fsp3) is 0.0625. The number of carbonyl (C=O) groups excluding carboxylic acids is 1. The molecule has 1 aromatic heterocycles. The molecule has 25 heavy (non-hydrogen) atoms. The van der Waals surface area contributed by atoms with Crippen LogP contribution in [0.5, 0.6) is 0 Å². The quantitative estimate of drug-likeness (QED) is 0.542. The highest BCUT2D eigenvalue weighted by Crippen LogP contribution is 2.21. The van der Waals surface area contributed by atoms with E-state index in [0.29, 0.717) is 11.0 Å². The minimum Gasteiger partial charge on any atom is -0.480 e. The molecule has 3 rings (SSSR count). The third kappa shape index (κ3) is 3.29. The number of nitrogens with zero attached hydrogens (tertiary/aromatic N) is 3. The summed E-state index contributed by atoms with van der Waals surface area (Å²) in [7, 11) is 0. The Bertz CT molecular complexity index is 995. The Morgan fingerprint density at radius 1 is 1.20 bits per heavy atom. The number of amides is 1. The Balaban J connectivity index is 1.97. The van der Waals surface area contributed by atoms with Crippen molar-refractivity contribution in [2.75, 3.05) is 5.32 Å². The first-order valence-corrected chi connectivity index (χ1v) is 7.18. The molecule has 1 amide bonds. The van der Waals surface area contributed by atoms with Gasteiger partial charge in [0.1, 0.15) is 6.54 Å². The predicted octanol–water partition coefficient (Wildman–Crippen LogP) is 2.28. The van der Waals surface area contributed by atoms with Gasteiger partial charge in [0.05, 0.1) is 16.0 Å². The molecular formula is C16H12N4O5. The molecule has 0 saturated carbocycles. The van der Waals surface area contributed by atoms with Gasteiger partial charge in [-0.15, -0.1) is 0 Å². The lowest BCUT2D eigenvalue weighted by atomic mass is 10.2. The van der Waals surface area contributed by atoms with E-state index in [1.165, 1.54) is 22.8 Å². The molecule has 0 atom stereocenters. The maximum absolute atomic E-state index is 12.4. The van der Waals surface area contributed by atoms with Crippen molar-refractivity contribution in [1.29, 1.82) is 0 Å². The van der Waals surface area contributed by atoms with Crippen LogP contribution in [0.1, 0.15) is 10.4 Å². The summed E-state index contributed by atoms with van der Waals surface area (Å²) < 4.78 is 1.35. The number of non-ortho nitro benzene ring substituents is 1. The number of carboxylic acid groups (broad SMARTS) is 1.